The number of carbonyl (C=O) groups is 1. The van der Waals surface area contributed by atoms with Crippen molar-refractivity contribution in [3.8, 4) is 0 Å². The van der Waals surface area contributed by atoms with Gasteiger partial charge in [-0.05, 0) is 43.9 Å². The summed E-state index contributed by atoms with van der Waals surface area (Å²) in [5.74, 6) is -0.233. The van der Waals surface area contributed by atoms with Gasteiger partial charge in [0.2, 0.25) is 0 Å². The molecule has 2 saturated heterocycles. The summed E-state index contributed by atoms with van der Waals surface area (Å²) in [4.78, 5) is 16.8. The van der Waals surface area contributed by atoms with Crippen LogP contribution in [0.2, 0.25) is 0 Å². The first kappa shape index (κ1) is 18.1. The Morgan fingerprint density at radius 2 is 1.92 bits per heavy atom. The van der Waals surface area contributed by atoms with Gasteiger partial charge in [-0.2, -0.15) is 0 Å². The number of nitrogens with zero attached hydrogens (tertiary/aromatic N) is 2. The van der Waals surface area contributed by atoms with Crippen molar-refractivity contribution in [2.75, 3.05) is 39.4 Å². The van der Waals surface area contributed by atoms with Gasteiger partial charge in [0.25, 0.3) is 0 Å². The Morgan fingerprint density at radius 1 is 1.24 bits per heavy atom. The normalized spacial score (nSPS) is 21.2. The van der Waals surface area contributed by atoms with Gasteiger partial charge in [0.1, 0.15) is 5.82 Å². The molecule has 1 aromatic carbocycles. The van der Waals surface area contributed by atoms with E-state index in [1.165, 1.54) is 6.07 Å². The molecule has 2 fully saturated rings. The van der Waals surface area contributed by atoms with Gasteiger partial charge in [-0.25, -0.2) is 9.18 Å². The highest BCUT2D eigenvalue weighted by atomic mass is 19.1. The summed E-state index contributed by atoms with van der Waals surface area (Å²) >= 11 is 0. The molecule has 0 aliphatic carbocycles. The van der Waals surface area contributed by atoms with Crippen molar-refractivity contribution in [1.82, 2.24) is 15.1 Å². The Bertz CT molecular complexity index is 596. The molecule has 0 bridgehead atoms. The van der Waals surface area contributed by atoms with Crippen molar-refractivity contribution >= 4 is 6.03 Å². The molecular formula is C19H28FN3O2. The van der Waals surface area contributed by atoms with Crippen molar-refractivity contribution in [3.05, 3.63) is 35.1 Å². The molecule has 25 heavy (non-hydrogen) atoms. The van der Waals surface area contributed by atoms with Gasteiger partial charge in [0.05, 0.1) is 6.04 Å². The zero-order chi connectivity index (χ0) is 17.8. The van der Waals surface area contributed by atoms with Crippen LogP contribution in [0.1, 0.15) is 36.9 Å². The minimum Gasteiger partial charge on any atom is -0.381 e. The van der Waals surface area contributed by atoms with E-state index in [0.29, 0.717) is 11.6 Å². The van der Waals surface area contributed by atoms with Crippen LogP contribution in [-0.2, 0) is 4.74 Å². The lowest BCUT2D eigenvalue weighted by Gasteiger charge is -2.40. The third-order valence-electron chi connectivity index (χ3n) is 5.34. The predicted molar refractivity (Wildman–Crippen MR) is 95.1 cm³/mol. The minimum absolute atomic E-state index is 0.0693. The van der Waals surface area contributed by atoms with Crippen molar-refractivity contribution in [1.29, 1.82) is 0 Å². The highest BCUT2D eigenvalue weighted by molar-refractivity contribution is 5.74. The second-order valence-corrected chi connectivity index (χ2v) is 7.05. The maximum absolute atomic E-state index is 13.7. The first-order valence-corrected chi connectivity index (χ1v) is 9.18. The summed E-state index contributed by atoms with van der Waals surface area (Å²) in [6.45, 7) is 8.60. The quantitative estimate of drug-likeness (QED) is 0.913. The van der Waals surface area contributed by atoms with Gasteiger partial charge in [-0.15, -0.1) is 0 Å². The molecule has 1 aromatic rings. The van der Waals surface area contributed by atoms with E-state index in [2.05, 4.69) is 10.2 Å². The van der Waals surface area contributed by atoms with Crippen molar-refractivity contribution < 1.29 is 13.9 Å². The SMILES string of the molecule is Cc1ccc([C@H](C)NC(=O)N2CCN(C3CCOCC3)CC2)cc1F. The van der Waals surface area contributed by atoms with Crippen LogP contribution >= 0.6 is 0 Å². The molecule has 5 nitrogen and oxygen atoms in total. The summed E-state index contributed by atoms with van der Waals surface area (Å²) in [7, 11) is 0. The minimum atomic E-state index is -0.233. The third-order valence-corrected chi connectivity index (χ3v) is 5.34. The molecule has 1 atom stereocenters. The molecular weight excluding hydrogens is 321 g/mol. The maximum Gasteiger partial charge on any atom is 0.317 e. The second-order valence-electron chi connectivity index (χ2n) is 7.05. The van der Waals surface area contributed by atoms with Crippen LogP contribution in [-0.4, -0.2) is 61.3 Å². The number of nitrogens with one attached hydrogen (secondary N) is 1. The number of piperazine rings is 1. The van der Waals surface area contributed by atoms with E-state index in [1.807, 2.05) is 17.9 Å². The van der Waals surface area contributed by atoms with Crippen molar-refractivity contribution in [2.45, 2.75) is 38.8 Å². The monoisotopic (exact) mass is 349 g/mol. The molecule has 2 aliphatic heterocycles. The number of urea groups is 1. The Balaban J connectivity index is 1.49. The molecule has 0 spiro atoms. The molecule has 1 N–H and O–H groups in total. The van der Waals surface area contributed by atoms with Gasteiger partial charge in [0.15, 0.2) is 0 Å². The van der Waals surface area contributed by atoms with Crippen LogP contribution in [0.5, 0.6) is 0 Å². The fourth-order valence-electron chi connectivity index (χ4n) is 3.58. The predicted octanol–water partition coefficient (Wildman–Crippen LogP) is 2.70. The van der Waals surface area contributed by atoms with E-state index in [4.69, 9.17) is 4.74 Å². The third kappa shape index (κ3) is 4.50. The Morgan fingerprint density at radius 3 is 2.56 bits per heavy atom. The van der Waals surface area contributed by atoms with Crippen LogP contribution in [0.3, 0.4) is 0 Å². The van der Waals surface area contributed by atoms with Crippen LogP contribution in [0.15, 0.2) is 18.2 Å². The zero-order valence-electron chi connectivity index (χ0n) is 15.1. The second kappa shape index (κ2) is 8.15. The smallest absolute Gasteiger partial charge is 0.317 e. The summed E-state index contributed by atoms with van der Waals surface area (Å²) in [6.07, 6.45) is 2.17. The molecule has 0 saturated carbocycles. The first-order valence-electron chi connectivity index (χ1n) is 9.18. The molecule has 138 valence electrons. The fraction of sp³-hybridized carbons (Fsp3) is 0.632. The molecule has 0 aromatic heterocycles. The average molecular weight is 349 g/mol. The van der Waals surface area contributed by atoms with Crippen LogP contribution in [0.25, 0.3) is 0 Å². The van der Waals surface area contributed by atoms with E-state index in [-0.39, 0.29) is 17.9 Å². The Kier molecular flexibility index (Phi) is 5.91. The molecule has 0 radical (unpaired) electrons. The molecule has 3 rings (SSSR count). The average Bonchev–Trinajstić information content (AvgIpc) is 2.64. The highest BCUT2D eigenvalue weighted by Crippen LogP contribution is 2.18. The zero-order valence-corrected chi connectivity index (χ0v) is 15.1. The van der Waals surface area contributed by atoms with Gasteiger partial charge in [-0.1, -0.05) is 12.1 Å². The van der Waals surface area contributed by atoms with Gasteiger partial charge in [0, 0.05) is 45.4 Å². The summed E-state index contributed by atoms with van der Waals surface area (Å²) < 4.78 is 19.1. The lowest BCUT2D eigenvalue weighted by Crippen LogP contribution is -2.55. The van der Waals surface area contributed by atoms with Gasteiger partial charge in [-0.3, -0.25) is 4.90 Å². The van der Waals surface area contributed by atoms with Crippen LogP contribution in [0.4, 0.5) is 9.18 Å². The standard InChI is InChI=1S/C19H28FN3O2/c1-14-3-4-16(13-18(14)20)15(2)21-19(24)23-9-7-22(8-10-23)17-5-11-25-12-6-17/h3-4,13,15,17H,5-12H2,1-2H3,(H,21,24)/t15-/m0/s1. The lowest BCUT2D eigenvalue weighted by molar-refractivity contribution is 0.0186. The maximum atomic E-state index is 13.7. The number of hydrogen-bond donors (Lipinski definition) is 1. The molecule has 2 amide bonds. The van der Waals surface area contributed by atoms with E-state index in [0.717, 1.165) is 57.8 Å². The Hall–Kier alpha value is -1.66. The molecule has 6 heteroatoms. The van der Waals surface area contributed by atoms with E-state index in [9.17, 15) is 9.18 Å². The number of rotatable bonds is 3. The van der Waals surface area contributed by atoms with Crippen LogP contribution in [0, 0.1) is 12.7 Å². The summed E-state index contributed by atoms with van der Waals surface area (Å²) in [5.41, 5.74) is 1.41. The van der Waals surface area contributed by atoms with Crippen molar-refractivity contribution in [2.24, 2.45) is 0 Å². The van der Waals surface area contributed by atoms with E-state index >= 15 is 0 Å². The fourth-order valence-corrected chi connectivity index (χ4v) is 3.58. The first-order chi connectivity index (χ1) is 12.0. The topological polar surface area (TPSA) is 44.8 Å². The van der Waals surface area contributed by atoms with Crippen LogP contribution < -0.4 is 5.32 Å². The van der Waals surface area contributed by atoms with Gasteiger partial charge < -0.3 is 15.0 Å². The Labute approximate surface area is 149 Å². The largest absolute Gasteiger partial charge is 0.381 e. The van der Waals surface area contributed by atoms with E-state index in [1.54, 1.807) is 13.0 Å². The molecule has 2 aliphatic rings. The number of carbonyl (C=O) groups excluding carboxylic acids is 1. The van der Waals surface area contributed by atoms with Gasteiger partial charge >= 0.3 is 6.03 Å². The van der Waals surface area contributed by atoms with E-state index < -0.39 is 0 Å². The number of amides is 2. The lowest BCUT2D eigenvalue weighted by atomic mass is 10.1. The number of halogens is 1. The van der Waals surface area contributed by atoms with Crippen molar-refractivity contribution in [3.63, 3.8) is 0 Å². The number of ether oxygens (including phenoxy) is 1. The number of aryl methyl sites for hydroxylation is 1. The number of hydrogen-bond acceptors (Lipinski definition) is 3. The summed E-state index contributed by atoms with van der Waals surface area (Å²) in [6, 6.07) is 5.43. The molecule has 2 heterocycles. The molecule has 0 unspecified atom stereocenters. The highest BCUT2D eigenvalue weighted by Gasteiger charge is 2.27. The number of benzene rings is 1. The summed E-state index contributed by atoms with van der Waals surface area (Å²) in [5, 5.41) is 2.99.